The van der Waals surface area contributed by atoms with E-state index in [1.54, 1.807) is 10.9 Å². The number of nitrogens with zero attached hydrogens (tertiary/aromatic N) is 3. The van der Waals surface area contributed by atoms with Gasteiger partial charge in [0, 0.05) is 23.7 Å². The Kier molecular flexibility index (Phi) is 2.91. The van der Waals surface area contributed by atoms with Gasteiger partial charge < -0.3 is 4.74 Å². The van der Waals surface area contributed by atoms with Crippen molar-refractivity contribution in [2.75, 3.05) is 0 Å². The van der Waals surface area contributed by atoms with E-state index in [4.69, 9.17) is 4.74 Å². The van der Waals surface area contributed by atoms with Crippen LogP contribution in [0.1, 0.15) is 11.3 Å². The van der Waals surface area contributed by atoms with Gasteiger partial charge >= 0.3 is 0 Å². The van der Waals surface area contributed by atoms with Crippen LogP contribution in [0.15, 0.2) is 42.7 Å². The van der Waals surface area contributed by atoms with Crippen LogP contribution in [-0.2, 0) is 13.7 Å². The summed E-state index contributed by atoms with van der Waals surface area (Å²) in [4.78, 5) is 4.52. The summed E-state index contributed by atoms with van der Waals surface area (Å²) in [5.74, 6) is 0.779. The minimum absolute atomic E-state index is 0.523. The Morgan fingerprint density at radius 1 is 1.26 bits per heavy atom. The lowest BCUT2D eigenvalue weighted by molar-refractivity contribution is 0.307. The summed E-state index contributed by atoms with van der Waals surface area (Å²) >= 11 is 0. The van der Waals surface area contributed by atoms with Crippen LogP contribution >= 0.6 is 0 Å². The highest BCUT2D eigenvalue weighted by atomic mass is 16.5. The highest BCUT2D eigenvalue weighted by molar-refractivity contribution is 5.82. The minimum Gasteiger partial charge on any atom is -0.486 e. The molecule has 3 rings (SSSR count). The Hall–Kier alpha value is -2.36. The molecule has 0 atom stereocenters. The van der Waals surface area contributed by atoms with Gasteiger partial charge in [-0.1, -0.05) is 18.2 Å². The molecule has 0 unspecified atom stereocenters. The number of pyridine rings is 1. The molecule has 0 radical (unpaired) electrons. The number of rotatable bonds is 3. The molecule has 0 aliphatic rings. The molecule has 1 aromatic carbocycles. The van der Waals surface area contributed by atoms with Gasteiger partial charge in [-0.15, -0.1) is 0 Å². The summed E-state index contributed by atoms with van der Waals surface area (Å²) in [7, 11) is 1.87. The average molecular weight is 253 g/mol. The highest BCUT2D eigenvalue weighted by Crippen LogP contribution is 2.20. The summed E-state index contributed by atoms with van der Waals surface area (Å²) in [6.07, 6.45) is 3.58. The Morgan fingerprint density at radius 3 is 2.89 bits per heavy atom. The molecule has 4 heteroatoms. The summed E-state index contributed by atoms with van der Waals surface area (Å²) in [6, 6.07) is 10.2. The Morgan fingerprint density at radius 2 is 2.11 bits per heavy atom. The minimum atomic E-state index is 0.523. The number of hydrogen-bond donors (Lipinski definition) is 0. The number of ether oxygens (including phenoxy) is 1. The molecule has 19 heavy (non-hydrogen) atoms. The molecule has 0 bridgehead atoms. The van der Waals surface area contributed by atoms with E-state index in [2.05, 4.69) is 22.2 Å². The quantitative estimate of drug-likeness (QED) is 0.720. The van der Waals surface area contributed by atoms with Crippen LogP contribution in [0.3, 0.4) is 0 Å². The van der Waals surface area contributed by atoms with Gasteiger partial charge in [-0.05, 0) is 19.1 Å². The topological polar surface area (TPSA) is 39.9 Å². The van der Waals surface area contributed by atoms with E-state index < -0.39 is 0 Å². The summed E-state index contributed by atoms with van der Waals surface area (Å²) in [6.45, 7) is 2.52. The molecule has 0 amide bonds. The van der Waals surface area contributed by atoms with Crippen molar-refractivity contribution in [3.8, 4) is 5.75 Å². The molecule has 0 saturated carbocycles. The zero-order valence-corrected chi connectivity index (χ0v) is 11.0. The lowest BCUT2D eigenvalue weighted by Crippen LogP contribution is -1.98. The second-order valence-electron chi connectivity index (χ2n) is 4.58. The van der Waals surface area contributed by atoms with Crippen molar-refractivity contribution in [2.45, 2.75) is 13.5 Å². The predicted octanol–water partition coefficient (Wildman–Crippen LogP) is 2.86. The molecule has 96 valence electrons. The van der Waals surface area contributed by atoms with Gasteiger partial charge in [-0.3, -0.25) is 9.67 Å². The van der Waals surface area contributed by atoms with E-state index in [-0.39, 0.29) is 0 Å². The molecular formula is C15H15N3O. The van der Waals surface area contributed by atoms with Crippen LogP contribution in [0, 0.1) is 6.92 Å². The average Bonchev–Trinajstić information content (AvgIpc) is 2.81. The van der Waals surface area contributed by atoms with E-state index in [0.717, 1.165) is 27.9 Å². The largest absolute Gasteiger partial charge is 0.486 e. The van der Waals surface area contributed by atoms with Crippen molar-refractivity contribution in [2.24, 2.45) is 7.05 Å². The van der Waals surface area contributed by atoms with Crippen LogP contribution in [0.2, 0.25) is 0 Å². The van der Waals surface area contributed by atoms with Crippen molar-refractivity contribution in [3.05, 3.63) is 54.0 Å². The molecule has 0 spiro atoms. The van der Waals surface area contributed by atoms with E-state index in [1.165, 1.54) is 0 Å². The van der Waals surface area contributed by atoms with Gasteiger partial charge in [0.1, 0.15) is 6.61 Å². The van der Waals surface area contributed by atoms with Crippen molar-refractivity contribution >= 4 is 10.9 Å². The maximum atomic E-state index is 5.76. The monoisotopic (exact) mass is 253 g/mol. The lowest BCUT2D eigenvalue weighted by atomic mass is 10.1. The normalized spacial score (nSPS) is 10.8. The van der Waals surface area contributed by atoms with Crippen LogP contribution in [0.25, 0.3) is 10.9 Å². The third kappa shape index (κ3) is 2.42. The molecule has 3 aromatic rings. The molecule has 0 fully saturated rings. The maximum absolute atomic E-state index is 5.76. The van der Waals surface area contributed by atoms with Gasteiger partial charge in [0.2, 0.25) is 0 Å². The number of aromatic nitrogens is 3. The van der Waals surface area contributed by atoms with Gasteiger partial charge in [-0.2, -0.15) is 5.10 Å². The number of aryl methyl sites for hydroxylation is 2. The van der Waals surface area contributed by atoms with E-state index in [9.17, 15) is 0 Å². The second kappa shape index (κ2) is 4.72. The Labute approximate surface area is 111 Å². The fourth-order valence-corrected chi connectivity index (χ4v) is 2.15. The van der Waals surface area contributed by atoms with Crippen LogP contribution < -0.4 is 4.74 Å². The predicted molar refractivity (Wildman–Crippen MR) is 74.0 cm³/mol. The first-order chi connectivity index (χ1) is 9.22. The number of para-hydroxylation sites is 1. The Balaban J connectivity index is 1.91. The summed E-state index contributed by atoms with van der Waals surface area (Å²) in [5, 5.41) is 5.22. The molecule has 0 aliphatic heterocycles. The molecule has 0 N–H and O–H groups in total. The molecular weight excluding hydrogens is 238 g/mol. The van der Waals surface area contributed by atoms with Crippen LogP contribution in [0.4, 0.5) is 0 Å². The van der Waals surface area contributed by atoms with Gasteiger partial charge in [0.05, 0.1) is 17.9 Å². The van der Waals surface area contributed by atoms with Crippen molar-refractivity contribution in [3.63, 3.8) is 0 Å². The lowest BCUT2D eigenvalue weighted by Gasteiger charge is -2.08. The molecule has 0 aliphatic carbocycles. The molecule has 4 nitrogen and oxygen atoms in total. The Bertz CT molecular complexity index is 718. The van der Waals surface area contributed by atoms with Crippen LogP contribution in [0.5, 0.6) is 5.75 Å². The third-order valence-electron chi connectivity index (χ3n) is 3.01. The standard InChI is InChI=1S/C15H15N3O/c1-11-7-12(10-19-13-8-16-18(2)9-13)14-5-3-4-6-15(14)17-11/h3-9H,10H2,1-2H3. The van der Waals surface area contributed by atoms with Gasteiger partial charge in [0.25, 0.3) is 0 Å². The second-order valence-corrected chi connectivity index (χ2v) is 4.58. The number of benzene rings is 1. The van der Waals surface area contributed by atoms with Crippen molar-refractivity contribution < 1.29 is 4.74 Å². The fourth-order valence-electron chi connectivity index (χ4n) is 2.15. The highest BCUT2D eigenvalue weighted by Gasteiger charge is 2.05. The van der Waals surface area contributed by atoms with E-state index >= 15 is 0 Å². The van der Waals surface area contributed by atoms with E-state index in [1.807, 2.05) is 38.4 Å². The van der Waals surface area contributed by atoms with Crippen LogP contribution in [-0.4, -0.2) is 14.8 Å². The van der Waals surface area contributed by atoms with E-state index in [0.29, 0.717) is 6.61 Å². The molecule has 2 heterocycles. The first kappa shape index (κ1) is 11.7. The zero-order valence-electron chi connectivity index (χ0n) is 11.0. The summed E-state index contributed by atoms with van der Waals surface area (Å²) < 4.78 is 7.49. The smallest absolute Gasteiger partial charge is 0.157 e. The van der Waals surface area contributed by atoms with Gasteiger partial charge in [0.15, 0.2) is 5.75 Å². The first-order valence-corrected chi connectivity index (χ1v) is 6.19. The number of fused-ring (bicyclic) bond motifs is 1. The van der Waals surface area contributed by atoms with Crippen molar-refractivity contribution in [1.82, 2.24) is 14.8 Å². The molecule has 2 aromatic heterocycles. The van der Waals surface area contributed by atoms with Crippen molar-refractivity contribution in [1.29, 1.82) is 0 Å². The fraction of sp³-hybridized carbons (Fsp3) is 0.200. The molecule has 0 saturated heterocycles. The van der Waals surface area contributed by atoms with Gasteiger partial charge in [-0.25, -0.2) is 0 Å². The maximum Gasteiger partial charge on any atom is 0.157 e. The third-order valence-corrected chi connectivity index (χ3v) is 3.01. The first-order valence-electron chi connectivity index (χ1n) is 6.19. The number of hydrogen-bond acceptors (Lipinski definition) is 3. The summed E-state index contributed by atoms with van der Waals surface area (Å²) in [5.41, 5.74) is 3.16. The zero-order chi connectivity index (χ0) is 13.2. The SMILES string of the molecule is Cc1cc(COc2cnn(C)c2)c2ccccc2n1.